The van der Waals surface area contributed by atoms with Crippen molar-refractivity contribution in [1.82, 2.24) is 24.9 Å². The van der Waals surface area contributed by atoms with Crippen molar-refractivity contribution in [3.63, 3.8) is 0 Å². The maximum atomic E-state index is 12.5. The van der Waals surface area contributed by atoms with Crippen LogP contribution in [0.25, 0.3) is 0 Å². The number of amides is 2. The molecule has 3 aromatic heterocycles. The molecule has 3 heterocycles. The van der Waals surface area contributed by atoms with Gasteiger partial charge < -0.3 is 15.1 Å². The van der Waals surface area contributed by atoms with Gasteiger partial charge in [-0.05, 0) is 26.0 Å². The number of aromatic nitrogens is 4. The fraction of sp³-hybridized carbons (Fsp3) is 0.294. The molecule has 2 N–H and O–H groups in total. The second kappa shape index (κ2) is 7.26. The average molecular weight is 356 g/mol. The molecule has 3 aromatic rings. The maximum absolute atomic E-state index is 12.5. The molecule has 0 bridgehead atoms. The van der Waals surface area contributed by atoms with E-state index in [1.54, 1.807) is 43.2 Å². The maximum Gasteiger partial charge on any atom is 0.274 e. The van der Waals surface area contributed by atoms with Crippen molar-refractivity contribution in [1.29, 1.82) is 0 Å². The SMILES string of the molecule is CCn1cc(C(=O)Nc2cn(C)nc2C(=O)NCc2ccco2)c(C)n1. The Morgan fingerprint density at radius 2 is 2.04 bits per heavy atom. The van der Waals surface area contributed by atoms with Gasteiger partial charge in [0, 0.05) is 26.0 Å². The predicted molar refractivity (Wildman–Crippen MR) is 93.7 cm³/mol. The van der Waals surface area contributed by atoms with Crippen LogP contribution in [0.3, 0.4) is 0 Å². The summed E-state index contributed by atoms with van der Waals surface area (Å²) in [4.78, 5) is 25.0. The van der Waals surface area contributed by atoms with Crippen LogP contribution in [0, 0.1) is 6.92 Å². The first kappa shape index (κ1) is 17.5. The molecule has 0 aliphatic carbocycles. The third kappa shape index (κ3) is 3.66. The Balaban J connectivity index is 1.74. The Kier molecular flexibility index (Phi) is 4.87. The Morgan fingerprint density at radius 3 is 2.69 bits per heavy atom. The summed E-state index contributed by atoms with van der Waals surface area (Å²) in [5, 5.41) is 13.9. The molecule has 0 aliphatic heterocycles. The molecule has 26 heavy (non-hydrogen) atoms. The lowest BCUT2D eigenvalue weighted by Gasteiger charge is -2.05. The normalized spacial score (nSPS) is 10.7. The fourth-order valence-corrected chi connectivity index (χ4v) is 2.50. The van der Waals surface area contributed by atoms with Crippen molar-refractivity contribution >= 4 is 17.5 Å². The number of hydrogen-bond acceptors (Lipinski definition) is 5. The third-order valence-corrected chi connectivity index (χ3v) is 3.81. The zero-order valence-corrected chi connectivity index (χ0v) is 14.8. The Morgan fingerprint density at radius 1 is 1.23 bits per heavy atom. The first-order valence-corrected chi connectivity index (χ1v) is 8.17. The highest BCUT2D eigenvalue weighted by atomic mass is 16.3. The van der Waals surface area contributed by atoms with Crippen LogP contribution in [0.1, 0.15) is 39.2 Å². The highest BCUT2D eigenvalue weighted by Gasteiger charge is 2.20. The number of carbonyl (C=O) groups is 2. The second-order valence-electron chi connectivity index (χ2n) is 5.77. The molecule has 0 saturated carbocycles. The number of carbonyl (C=O) groups excluding carboxylic acids is 2. The molecule has 0 aliphatic rings. The van der Waals surface area contributed by atoms with E-state index in [4.69, 9.17) is 4.42 Å². The highest BCUT2D eigenvalue weighted by molar-refractivity contribution is 6.08. The summed E-state index contributed by atoms with van der Waals surface area (Å²) in [6.45, 7) is 4.61. The molecule has 9 nitrogen and oxygen atoms in total. The van der Waals surface area contributed by atoms with Gasteiger partial charge in [-0.1, -0.05) is 0 Å². The van der Waals surface area contributed by atoms with E-state index in [-0.39, 0.29) is 18.1 Å². The number of furan rings is 1. The second-order valence-corrected chi connectivity index (χ2v) is 5.77. The van der Waals surface area contributed by atoms with Crippen LogP contribution in [0.4, 0.5) is 5.69 Å². The molecule has 0 spiro atoms. The van der Waals surface area contributed by atoms with E-state index >= 15 is 0 Å². The molecule has 0 fully saturated rings. The largest absolute Gasteiger partial charge is 0.467 e. The summed E-state index contributed by atoms with van der Waals surface area (Å²) >= 11 is 0. The minimum absolute atomic E-state index is 0.132. The van der Waals surface area contributed by atoms with Gasteiger partial charge in [0.1, 0.15) is 5.76 Å². The average Bonchev–Trinajstić information content (AvgIpc) is 3.32. The summed E-state index contributed by atoms with van der Waals surface area (Å²) in [5.74, 6) is -0.115. The van der Waals surface area contributed by atoms with Gasteiger partial charge in [0.2, 0.25) is 0 Å². The standard InChI is InChI=1S/C17H20N6O3/c1-4-23-9-13(11(2)20-23)16(24)19-14-10-22(3)21-15(14)17(25)18-8-12-6-5-7-26-12/h5-7,9-10H,4,8H2,1-3H3,(H,18,25)(H,19,24). The highest BCUT2D eigenvalue weighted by Crippen LogP contribution is 2.16. The number of nitrogens with zero attached hydrogens (tertiary/aromatic N) is 4. The van der Waals surface area contributed by atoms with Crippen molar-refractivity contribution in [2.45, 2.75) is 26.9 Å². The van der Waals surface area contributed by atoms with E-state index in [9.17, 15) is 9.59 Å². The van der Waals surface area contributed by atoms with Gasteiger partial charge in [-0.3, -0.25) is 19.0 Å². The predicted octanol–water partition coefficient (Wildman–Crippen LogP) is 1.72. The van der Waals surface area contributed by atoms with Crippen molar-refractivity contribution < 1.29 is 14.0 Å². The van der Waals surface area contributed by atoms with E-state index in [1.807, 2.05) is 6.92 Å². The van der Waals surface area contributed by atoms with E-state index in [0.717, 1.165) is 0 Å². The molecule has 0 radical (unpaired) electrons. The third-order valence-electron chi connectivity index (χ3n) is 3.81. The fourth-order valence-electron chi connectivity index (χ4n) is 2.50. The van der Waals surface area contributed by atoms with Crippen molar-refractivity contribution in [3.05, 3.63) is 53.5 Å². The minimum Gasteiger partial charge on any atom is -0.467 e. The summed E-state index contributed by atoms with van der Waals surface area (Å²) in [5.41, 5.74) is 1.54. The minimum atomic E-state index is -0.404. The molecule has 3 rings (SSSR count). The molecular weight excluding hydrogens is 336 g/mol. The van der Waals surface area contributed by atoms with Crippen LogP contribution in [-0.4, -0.2) is 31.4 Å². The van der Waals surface area contributed by atoms with Gasteiger partial charge in [0.05, 0.1) is 29.8 Å². The molecule has 136 valence electrons. The summed E-state index contributed by atoms with van der Waals surface area (Å²) in [6, 6.07) is 3.50. The monoisotopic (exact) mass is 356 g/mol. The van der Waals surface area contributed by atoms with Gasteiger partial charge in [0.15, 0.2) is 5.69 Å². The van der Waals surface area contributed by atoms with Crippen LogP contribution in [-0.2, 0) is 20.1 Å². The van der Waals surface area contributed by atoms with Gasteiger partial charge >= 0.3 is 0 Å². The van der Waals surface area contributed by atoms with E-state index in [2.05, 4.69) is 20.8 Å². The molecule has 0 saturated heterocycles. The first-order valence-electron chi connectivity index (χ1n) is 8.17. The lowest BCUT2D eigenvalue weighted by atomic mass is 10.2. The van der Waals surface area contributed by atoms with Crippen LogP contribution < -0.4 is 10.6 Å². The molecule has 0 unspecified atom stereocenters. The van der Waals surface area contributed by atoms with Crippen molar-refractivity contribution in [2.75, 3.05) is 5.32 Å². The molecule has 0 aromatic carbocycles. The molecule has 0 atom stereocenters. The topological polar surface area (TPSA) is 107 Å². The first-order chi connectivity index (χ1) is 12.5. The quantitative estimate of drug-likeness (QED) is 0.699. The smallest absolute Gasteiger partial charge is 0.274 e. The number of aryl methyl sites for hydroxylation is 3. The van der Waals surface area contributed by atoms with Crippen LogP contribution >= 0.6 is 0 Å². The van der Waals surface area contributed by atoms with E-state index < -0.39 is 5.91 Å². The zero-order chi connectivity index (χ0) is 18.7. The van der Waals surface area contributed by atoms with Crippen molar-refractivity contribution in [3.8, 4) is 0 Å². The van der Waals surface area contributed by atoms with Gasteiger partial charge in [-0.25, -0.2) is 0 Å². The Hall–Kier alpha value is -3.36. The van der Waals surface area contributed by atoms with Gasteiger partial charge in [0.25, 0.3) is 11.8 Å². The lowest BCUT2D eigenvalue weighted by Crippen LogP contribution is -2.25. The molecule has 9 heteroatoms. The number of rotatable bonds is 6. The van der Waals surface area contributed by atoms with E-state index in [1.165, 1.54) is 10.9 Å². The van der Waals surface area contributed by atoms with Crippen molar-refractivity contribution in [2.24, 2.45) is 7.05 Å². The number of nitrogens with one attached hydrogen (secondary N) is 2. The van der Waals surface area contributed by atoms with Gasteiger partial charge in [-0.15, -0.1) is 0 Å². The van der Waals surface area contributed by atoms with Crippen LogP contribution in [0.5, 0.6) is 0 Å². The summed E-state index contributed by atoms with van der Waals surface area (Å²) in [7, 11) is 1.68. The zero-order valence-electron chi connectivity index (χ0n) is 14.8. The van der Waals surface area contributed by atoms with Crippen LogP contribution in [0.15, 0.2) is 35.2 Å². The number of anilines is 1. The summed E-state index contributed by atoms with van der Waals surface area (Å²) in [6.07, 6.45) is 4.80. The molecular formula is C17H20N6O3. The Bertz CT molecular complexity index is 923. The lowest BCUT2D eigenvalue weighted by molar-refractivity contribution is 0.0943. The summed E-state index contributed by atoms with van der Waals surface area (Å²) < 4.78 is 8.34. The van der Waals surface area contributed by atoms with Gasteiger partial charge in [-0.2, -0.15) is 10.2 Å². The number of hydrogen-bond donors (Lipinski definition) is 2. The van der Waals surface area contributed by atoms with Crippen LogP contribution in [0.2, 0.25) is 0 Å². The molecule has 2 amide bonds. The Labute approximate surface area is 150 Å². The van der Waals surface area contributed by atoms with E-state index in [0.29, 0.717) is 29.2 Å².